The molecule has 2 aromatic heterocycles. The lowest BCUT2D eigenvalue weighted by atomic mass is 10.2. The van der Waals surface area contributed by atoms with Crippen molar-refractivity contribution in [3.63, 3.8) is 0 Å². The molecule has 0 saturated heterocycles. The summed E-state index contributed by atoms with van der Waals surface area (Å²) in [6, 6.07) is 22.8. The zero-order chi connectivity index (χ0) is 19.2. The Morgan fingerprint density at radius 2 is 1.79 bits per heavy atom. The number of nitrogens with zero attached hydrogens (tertiary/aromatic N) is 2. The van der Waals surface area contributed by atoms with Crippen LogP contribution in [-0.4, -0.2) is 16.7 Å². The second-order valence-electron chi connectivity index (χ2n) is 6.59. The van der Waals surface area contributed by atoms with Crippen LogP contribution in [0.3, 0.4) is 0 Å². The zero-order valence-corrected chi connectivity index (χ0v) is 16.7. The van der Waals surface area contributed by atoms with Gasteiger partial charge in [0, 0.05) is 35.9 Å². The number of ether oxygens (including phenoxy) is 1. The first-order valence-corrected chi connectivity index (χ1v) is 10.2. The van der Waals surface area contributed by atoms with E-state index in [-0.39, 0.29) is 0 Å². The molecule has 0 saturated carbocycles. The minimum Gasteiger partial charge on any atom is -0.497 e. The normalized spacial score (nSPS) is 10.9. The van der Waals surface area contributed by atoms with Gasteiger partial charge in [-0.05, 0) is 42.0 Å². The van der Waals surface area contributed by atoms with Crippen LogP contribution in [0.25, 0.3) is 10.6 Å². The monoisotopic (exact) mass is 389 g/mol. The molecule has 28 heavy (non-hydrogen) atoms. The van der Waals surface area contributed by atoms with Gasteiger partial charge in [-0.1, -0.05) is 30.3 Å². The Bertz CT molecular complexity index is 1010. The van der Waals surface area contributed by atoms with Gasteiger partial charge in [0.2, 0.25) is 0 Å². The molecule has 0 radical (unpaired) electrons. The molecule has 0 amide bonds. The van der Waals surface area contributed by atoms with Crippen molar-refractivity contribution in [2.75, 3.05) is 7.11 Å². The van der Waals surface area contributed by atoms with Crippen LogP contribution in [0.2, 0.25) is 0 Å². The van der Waals surface area contributed by atoms with Crippen LogP contribution < -0.4 is 10.1 Å². The van der Waals surface area contributed by atoms with Gasteiger partial charge in [0.05, 0.1) is 19.3 Å². The van der Waals surface area contributed by atoms with Crippen LogP contribution in [-0.2, 0) is 19.6 Å². The molecule has 0 aliphatic carbocycles. The Balaban J connectivity index is 1.38. The lowest BCUT2D eigenvalue weighted by Gasteiger charge is -2.09. The molecule has 142 valence electrons. The summed E-state index contributed by atoms with van der Waals surface area (Å²) in [4.78, 5) is 4.82. The van der Waals surface area contributed by atoms with Gasteiger partial charge in [-0.25, -0.2) is 4.98 Å². The van der Waals surface area contributed by atoms with Crippen LogP contribution in [0.1, 0.15) is 17.0 Å². The molecule has 2 aromatic carbocycles. The molecule has 0 fully saturated rings. The average molecular weight is 390 g/mol. The molecule has 5 heteroatoms. The van der Waals surface area contributed by atoms with E-state index >= 15 is 0 Å². The first-order valence-electron chi connectivity index (χ1n) is 9.29. The van der Waals surface area contributed by atoms with Crippen LogP contribution >= 0.6 is 11.3 Å². The van der Waals surface area contributed by atoms with Gasteiger partial charge in [0.15, 0.2) is 0 Å². The second kappa shape index (κ2) is 8.87. The molecular weight excluding hydrogens is 366 g/mol. The average Bonchev–Trinajstić information content (AvgIpc) is 3.39. The Kier molecular flexibility index (Phi) is 5.85. The summed E-state index contributed by atoms with van der Waals surface area (Å²) in [6.07, 6.45) is 2.12. The molecular formula is C23H23N3OS. The number of methoxy groups -OCH3 is 1. The lowest BCUT2D eigenvalue weighted by Crippen LogP contribution is -2.16. The van der Waals surface area contributed by atoms with Gasteiger partial charge in [0.1, 0.15) is 10.8 Å². The van der Waals surface area contributed by atoms with Crippen molar-refractivity contribution in [2.45, 2.75) is 19.6 Å². The highest BCUT2D eigenvalue weighted by Crippen LogP contribution is 2.26. The molecule has 0 bridgehead atoms. The molecule has 2 heterocycles. The van der Waals surface area contributed by atoms with Gasteiger partial charge >= 0.3 is 0 Å². The summed E-state index contributed by atoms with van der Waals surface area (Å²) in [5.41, 5.74) is 4.75. The molecule has 4 aromatic rings. The fraction of sp³-hybridized carbons (Fsp3) is 0.174. The van der Waals surface area contributed by atoms with Crippen molar-refractivity contribution in [3.05, 3.63) is 95.3 Å². The molecule has 0 aliphatic heterocycles. The Labute approximate surface area is 169 Å². The van der Waals surface area contributed by atoms with Gasteiger partial charge in [-0.2, -0.15) is 0 Å². The zero-order valence-electron chi connectivity index (χ0n) is 15.8. The number of nitrogens with one attached hydrogen (secondary N) is 1. The van der Waals surface area contributed by atoms with E-state index in [4.69, 9.17) is 9.72 Å². The highest BCUT2D eigenvalue weighted by molar-refractivity contribution is 7.13. The first-order chi connectivity index (χ1) is 13.8. The second-order valence-corrected chi connectivity index (χ2v) is 7.45. The van der Waals surface area contributed by atoms with E-state index in [9.17, 15) is 0 Å². The number of thiazole rings is 1. The largest absolute Gasteiger partial charge is 0.497 e. The standard InChI is InChI=1S/C23H23N3OS/c1-27-22-11-9-19(10-12-22)23-25-20(17-28-23)16-26-13-5-8-21(26)15-24-14-18-6-3-2-4-7-18/h2-13,17,24H,14-16H2,1H3. The van der Waals surface area contributed by atoms with Crippen molar-refractivity contribution >= 4 is 11.3 Å². The predicted octanol–water partition coefficient (Wildman–Crippen LogP) is 4.96. The molecule has 0 atom stereocenters. The van der Waals surface area contributed by atoms with E-state index in [2.05, 4.69) is 70.0 Å². The Morgan fingerprint density at radius 1 is 0.964 bits per heavy atom. The molecule has 0 unspecified atom stereocenters. The van der Waals surface area contributed by atoms with Crippen molar-refractivity contribution in [1.82, 2.24) is 14.9 Å². The maximum Gasteiger partial charge on any atom is 0.123 e. The maximum absolute atomic E-state index is 5.23. The van der Waals surface area contributed by atoms with E-state index in [1.807, 2.05) is 18.2 Å². The molecule has 0 aliphatic rings. The van der Waals surface area contributed by atoms with Crippen molar-refractivity contribution in [3.8, 4) is 16.3 Å². The van der Waals surface area contributed by atoms with E-state index in [1.54, 1.807) is 18.4 Å². The van der Waals surface area contributed by atoms with Crippen molar-refractivity contribution in [1.29, 1.82) is 0 Å². The minimum absolute atomic E-state index is 0.780. The van der Waals surface area contributed by atoms with Gasteiger partial charge in [-0.3, -0.25) is 0 Å². The summed E-state index contributed by atoms with van der Waals surface area (Å²) < 4.78 is 7.48. The molecule has 0 spiro atoms. The SMILES string of the molecule is COc1ccc(-c2nc(Cn3cccc3CNCc3ccccc3)cs2)cc1. The van der Waals surface area contributed by atoms with Crippen molar-refractivity contribution in [2.24, 2.45) is 0 Å². The summed E-state index contributed by atoms with van der Waals surface area (Å²) in [7, 11) is 1.68. The topological polar surface area (TPSA) is 39.1 Å². The number of rotatable bonds is 8. The number of benzene rings is 2. The number of hydrogen-bond acceptors (Lipinski definition) is 4. The van der Waals surface area contributed by atoms with Gasteiger partial charge in [0.25, 0.3) is 0 Å². The van der Waals surface area contributed by atoms with Gasteiger partial charge < -0.3 is 14.6 Å². The van der Waals surface area contributed by atoms with E-state index in [0.29, 0.717) is 0 Å². The minimum atomic E-state index is 0.780. The highest BCUT2D eigenvalue weighted by Gasteiger charge is 2.08. The predicted molar refractivity (Wildman–Crippen MR) is 115 cm³/mol. The van der Waals surface area contributed by atoms with Crippen LogP contribution in [0.4, 0.5) is 0 Å². The molecule has 1 N–H and O–H groups in total. The van der Waals surface area contributed by atoms with E-state index in [0.717, 1.165) is 41.6 Å². The quantitative estimate of drug-likeness (QED) is 0.463. The molecule has 4 nitrogen and oxygen atoms in total. The number of hydrogen-bond donors (Lipinski definition) is 1. The Morgan fingerprint density at radius 3 is 2.57 bits per heavy atom. The fourth-order valence-electron chi connectivity index (χ4n) is 3.12. The van der Waals surface area contributed by atoms with Crippen LogP contribution in [0.15, 0.2) is 78.3 Å². The summed E-state index contributed by atoms with van der Waals surface area (Å²) in [6.45, 7) is 2.48. The third kappa shape index (κ3) is 4.50. The third-order valence-electron chi connectivity index (χ3n) is 4.62. The van der Waals surface area contributed by atoms with Crippen LogP contribution in [0.5, 0.6) is 5.75 Å². The highest BCUT2D eigenvalue weighted by atomic mass is 32.1. The van der Waals surface area contributed by atoms with E-state index < -0.39 is 0 Å². The number of aromatic nitrogens is 2. The van der Waals surface area contributed by atoms with Gasteiger partial charge in [-0.15, -0.1) is 11.3 Å². The van der Waals surface area contributed by atoms with E-state index in [1.165, 1.54) is 11.3 Å². The fourth-order valence-corrected chi connectivity index (χ4v) is 3.93. The maximum atomic E-state index is 5.23. The van der Waals surface area contributed by atoms with Crippen LogP contribution in [0, 0.1) is 0 Å². The lowest BCUT2D eigenvalue weighted by molar-refractivity contribution is 0.415. The summed E-state index contributed by atoms with van der Waals surface area (Å²) in [5.74, 6) is 0.862. The molecule has 4 rings (SSSR count). The van der Waals surface area contributed by atoms with Crippen molar-refractivity contribution < 1.29 is 4.74 Å². The Hall–Kier alpha value is -2.89. The third-order valence-corrected chi connectivity index (χ3v) is 5.56. The summed E-state index contributed by atoms with van der Waals surface area (Å²) in [5, 5.41) is 6.70. The smallest absolute Gasteiger partial charge is 0.123 e. The first kappa shape index (κ1) is 18.5. The summed E-state index contributed by atoms with van der Waals surface area (Å²) >= 11 is 1.68.